The molecule has 2 nitrogen and oxygen atoms in total. The van der Waals surface area contributed by atoms with Crippen LogP contribution in [-0.4, -0.2) is 21.2 Å². The van der Waals surface area contributed by atoms with E-state index in [1.165, 1.54) is 16.3 Å². The molecule has 0 rings (SSSR count). The van der Waals surface area contributed by atoms with Gasteiger partial charge in [-0.05, 0) is 0 Å². The van der Waals surface area contributed by atoms with Crippen molar-refractivity contribution < 1.29 is 9.46 Å². The molecule has 0 spiro atoms. The van der Waals surface area contributed by atoms with Crippen LogP contribution in [0.5, 0.6) is 0 Å². The molecule has 0 aromatic carbocycles. The molecule has 48 valence electrons. The third-order valence-corrected chi connectivity index (χ3v) is 0. The van der Waals surface area contributed by atoms with Crippen LogP contribution in [0.4, 0.5) is 0 Å². The SMILES string of the molecule is C[C](C)(C)[AlH2].O=PO. The summed E-state index contributed by atoms with van der Waals surface area (Å²) in [5.74, 6) is 0. The second kappa shape index (κ2) is 5.72. The van der Waals surface area contributed by atoms with Gasteiger partial charge >= 0.3 is 8.69 Å². The van der Waals surface area contributed by atoms with Crippen molar-refractivity contribution in [1.82, 2.24) is 0 Å². The Bertz CT molecular complexity index is 53.5. The molecule has 0 fully saturated rings. The van der Waals surface area contributed by atoms with E-state index in [9.17, 15) is 0 Å². The molecule has 0 amide bonds. The Labute approximate surface area is 60.0 Å². The van der Waals surface area contributed by atoms with E-state index in [1.54, 1.807) is 0 Å². The lowest BCUT2D eigenvalue weighted by molar-refractivity contribution is 0.524. The topological polar surface area (TPSA) is 37.3 Å². The van der Waals surface area contributed by atoms with Crippen molar-refractivity contribution in [2.45, 2.75) is 25.0 Å². The summed E-state index contributed by atoms with van der Waals surface area (Å²) in [5.41, 5.74) is 0. The number of hydrogen-bond donors (Lipinski definition) is 1. The highest BCUT2D eigenvalue weighted by Crippen LogP contribution is 2.13. The Morgan fingerprint density at radius 3 is 1.50 bits per heavy atom. The molecule has 4 heteroatoms. The van der Waals surface area contributed by atoms with Crippen LogP contribution < -0.4 is 0 Å². The molecule has 0 atom stereocenters. The van der Waals surface area contributed by atoms with Gasteiger partial charge < -0.3 is 4.89 Å². The summed E-state index contributed by atoms with van der Waals surface area (Å²) in [6, 6.07) is 0. The highest BCUT2D eigenvalue weighted by Gasteiger charge is 1.96. The highest BCUT2D eigenvalue weighted by atomic mass is 31.1. The maximum absolute atomic E-state index is 8.46. The van der Waals surface area contributed by atoms with Gasteiger partial charge in [0.1, 0.15) is 0 Å². The molecule has 0 saturated carbocycles. The zero-order valence-corrected chi connectivity index (χ0v) is 8.70. The average molecular weight is 150 g/mol. The predicted octanol–water partition coefficient (Wildman–Crippen LogP) is 1.02. The second-order valence-electron chi connectivity index (χ2n) is 3.08. The van der Waals surface area contributed by atoms with Gasteiger partial charge in [-0.3, -0.25) is 0 Å². The molecule has 0 radical (unpaired) electrons. The lowest BCUT2D eigenvalue weighted by Crippen LogP contribution is -1.90. The van der Waals surface area contributed by atoms with Gasteiger partial charge in [-0.25, -0.2) is 4.57 Å². The second-order valence-corrected chi connectivity index (χ2v) is 6.24. The fourth-order valence-electron chi connectivity index (χ4n) is 0. The van der Waals surface area contributed by atoms with Crippen molar-refractivity contribution in [2.75, 3.05) is 0 Å². The average Bonchev–Trinajstić information content (AvgIpc) is 1.27. The smallest absolute Gasteiger partial charge is 0.310 e. The Kier molecular flexibility index (Phi) is 8.15. The molecule has 0 saturated heterocycles. The molecule has 0 heterocycles. The zero-order chi connectivity index (χ0) is 7.21. The maximum Gasteiger partial charge on any atom is 0.324 e. The van der Waals surface area contributed by atoms with E-state index in [0.29, 0.717) is 4.28 Å². The van der Waals surface area contributed by atoms with Gasteiger partial charge in [0.2, 0.25) is 16.3 Å². The predicted molar refractivity (Wildman–Crippen MR) is 38.1 cm³/mol. The van der Waals surface area contributed by atoms with Gasteiger partial charge in [-0.2, -0.15) is 0 Å². The van der Waals surface area contributed by atoms with Crippen LogP contribution in [0.2, 0.25) is 4.28 Å². The lowest BCUT2D eigenvalue weighted by Gasteiger charge is -2.05. The molecule has 0 aromatic heterocycles. The van der Waals surface area contributed by atoms with Gasteiger partial charge in [0.15, 0.2) is 0 Å². The molecule has 0 aliphatic heterocycles. The van der Waals surface area contributed by atoms with E-state index in [1.807, 2.05) is 0 Å². The minimum atomic E-state index is -0.833. The third-order valence-electron chi connectivity index (χ3n) is 0. The molecule has 0 bridgehead atoms. The van der Waals surface area contributed by atoms with Gasteiger partial charge in [-0.1, -0.05) is 25.0 Å². The summed E-state index contributed by atoms with van der Waals surface area (Å²) in [7, 11) is -0.833. The summed E-state index contributed by atoms with van der Waals surface area (Å²) >= 11 is 1.31. The summed E-state index contributed by atoms with van der Waals surface area (Å²) in [4.78, 5) is 6.99. The van der Waals surface area contributed by atoms with Crippen LogP contribution in [0.25, 0.3) is 0 Å². The van der Waals surface area contributed by atoms with Gasteiger partial charge in [0.25, 0.3) is 0 Å². The van der Waals surface area contributed by atoms with Gasteiger partial charge in [-0.15, -0.1) is 0 Å². The maximum atomic E-state index is 8.46. The molecule has 0 aliphatic rings. The Morgan fingerprint density at radius 2 is 1.50 bits per heavy atom. The van der Waals surface area contributed by atoms with Crippen LogP contribution in [0, 0.1) is 0 Å². The molecular formula is C4H12AlO2P. The van der Waals surface area contributed by atoms with Crippen molar-refractivity contribution in [3.63, 3.8) is 0 Å². The van der Waals surface area contributed by atoms with Crippen LogP contribution in [0.15, 0.2) is 0 Å². The molecule has 0 aliphatic carbocycles. The summed E-state index contributed by atoms with van der Waals surface area (Å²) in [5, 5.41) is 0. The first-order chi connectivity index (χ1) is 3.41. The molecule has 0 aromatic rings. The minimum absolute atomic E-state index is 0.639. The Balaban J connectivity index is 0. The van der Waals surface area contributed by atoms with Crippen LogP contribution in [-0.2, 0) is 4.57 Å². The summed E-state index contributed by atoms with van der Waals surface area (Å²) < 4.78 is 9.10. The monoisotopic (exact) mass is 150 g/mol. The standard InChI is InChI=1S/C4H9.Al.HO2P.2H/c1-4(2)3;;1-3-2;;/h1-3H3;;(H,1,2);;. The first-order valence-corrected chi connectivity index (χ1v) is 4.15. The van der Waals surface area contributed by atoms with Crippen LogP contribution in [0.1, 0.15) is 20.8 Å². The van der Waals surface area contributed by atoms with Crippen molar-refractivity contribution in [1.29, 1.82) is 0 Å². The fourth-order valence-corrected chi connectivity index (χ4v) is 0. The first-order valence-electron chi connectivity index (χ1n) is 2.38. The van der Waals surface area contributed by atoms with Gasteiger partial charge in [0.05, 0.1) is 0 Å². The first kappa shape index (κ1) is 11.4. The quantitative estimate of drug-likeness (QED) is 0.413. The fraction of sp³-hybridized carbons (Fsp3) is 1.00. The van der Waals surface area contributed by atoms with E-state index in [2.05, 4.69) is 20.8 Å². The number of hydrogen-bond acceptors (Lipinski definition) is 1. The van der Waals surface area contributed by atoms with Crippen molar-refractivity contribution in [3.8, 4) is 0 Å². The van der Waals surface area contributed by atoms with E-state index < -0.39 is 8.69 Å². The molecule has 8 heavy (non-hydrogen) atoms. The Hall–Kier alpha value is 0.592. The van der Waals surface area contributed by atoms with E-state index in [0.717, 1.165) is 0 Å². The van der Waals surface area contributed by atoms with Crippen molar-refractivity contribution in [3.05, 3.63) is 0 Å². The normalized spacial score (nSPS) is 10.0. The van der Waals surface area contributed by atoms with Crippen LogP contribution in [0.3, 0.4) is 0 Å². The summed E-state index contributed by atoms with van der Waals surface area (Å²) in [6.07, 6.45) is 0. The molecule has 1 N–H and O–H groups in total. The highest BCUT2D eigenvalue weighted by molar-refractivity contribution is 7.16. The number of rotatable bonds is 0. The van der Waals surface area contributed by atoms with Crippen molar-refractivity contribution >= 4 is 25.0 Å². The Morgan fingerprint density at radius 1 is 1.50 bits per heavy atom. The summed E-state index contributed by atoms with van der Waals surface area (Å²) in [6.45, 7) is 6.75. The lowest BCUT2D eigenvalue weighted by atomic mass is 10.2. The van der Waals surface area contributed by atoms with E-state index in [-0.39, 0.29) is 0 Å². The molecular weight excluding hydrogens is 138 g/mol. The third kappa shape index (κ3) is 587. The minimum Gasteiger partial charge on any atom is -0.310 e. The van der Waals surface area contributed by atoms with E-state index >= 15 is 0 Å². The van der Waals surface area contributed by atoms with E-state index in [4.69, 9.17) is 9.46 Å². The van der Waals surface area contributed by atoms with Crippen LogP contribution >= 0.6 is 8.69 Å². The van der Waals surface area contributed by atoms with Gasteiger partial charge in [0, 0.05) is 0 Å². The molecule has 0 unspecified atom stereocenters. The van der Waals surface area contributed by atoms with Crippen molar-refractivity contribution in [2.24, 2.45) is 0 Å². The largest absolute Gasteiger partial charge is 0.324 e. The zero-order valence-electron chi connectivity index (χ0n) is 5.80.